The molecule has 0 radical (unpaired) electrons. The summed E-state index contributed by atoms with van der Waals surface area (Å²) >= 11 is 0. The standard InChI is InChI=1S/C9H17N/c1-8-3-6-10(2)9(7-8)4-5-9/h8H,3-7H2,1-2H3/t8-/m0/s1. The predicted octanol–water partition coefficient (Wildman–Crippen LogP) is 1.88. The molecule has 2 rings (SSSR count). The molecule has 1 aliphatic heterocycles. The van der Waals surface area contributed by atoms with Crippen LogP contribution in [0.25, 0.3) is 0 Å². The summed E-state index contributed by atoms with van der Waals surface area (Å²) in [6, 6.07) is 0. The molecule has 0 N–H and O–H groups in total. The molecule has 1 spiro atoms. The SMILES string of the molecule is C[C@H]1CCN(C)C2(CC2)C1. The molecule has 1 saturated heterocycles. The van der Waals surface area contributed by atoms with Crippen LogP contribution < -0.4 is 0 Å². The maximum Gasteiger partial charge on any atom is 0.0210 e. The maximum absolute atomic E-state index is 2.58. The Labute approximate surface area is 63.4 Å². The van der Waals surface area contributed by atoms with Crippen molar-refractivity contribution in [2.45, 2.75) is 38.1 Å². The van der Waals surface area contributed by atoms with Gasteiger partial charge in [0.2, 0.25) is 0 Å². The van der Waals surface area contributed by atoms with Crippen LogP contribution in [0.2, 0.25) is 0 Å². The quantitative estimate of drug-likeness (QED) is 0.495. The number of nitrogens with zero attached hydrogens (tertiary/aromatic N) is 1. The van der Waals surface area contributed by atoms with Crippen molar-refractivity contribution in [3.63, 3.8) is 0 Å². The molecule has 1 aliphatic carbocycles. The van der Waals surface area contributed by atoms with E-state index in [4.69, 9.17) is 0 Å². The van der Waals surface area contributed by atoms with Gasteiger partial charge in [0.15, 0.2) is 0 Å². The Morgan fingerprint density at radius 3 is 2.60 bits per heavy atom. The van der Waals surface area contributed by atoms with Gasteiger partial charge >= 0.3 is 0 Å². The predicted molar refractivity (Wildman–Crippen MR) is 43.0 cm³/mol. The summed E-state index contributed by atoms with van der Waals surface area (Å²) in [5.74, 6) is 0.985. The van der Waals surface area contributed by atoms with E-state index < -0.39 is 0 Å². The number of hydrogen-bond acceptors (Lipinski definition) is 1. The van der Waals surface area contributed by atoms with Crippen molar-refractivity contribution in [2.75, 3.05) is 13.6 Å². The molecule has 0 aromatic carbocycles. The van der Waals surface area contributed by atoms with Crippen molar-refractivity contribution >= 4 is 0 Å². The molecule has 1 nitrogen and oxygen atoms in total. The zero-order valence-corrected chi connectivity index (χ0v) is 7.06. The zero-order valence-electron chi connectivity index (χ0n) is 7.06. The molecule has 1 heteroatoms. The molecule has 1 saturated carbocycles. The van der Waals surface area contributed by atoms with Crippen molar-refractivity contribution in [1.82, 2.24) is 4.90 Å². The number of rotatable bonds is 0. The largest absolute Gasteiger partial charge is 0.301 e. The first-order valence-corrected chi connectivity index (χ1v) is 4.44. The molecule has 2 aliphatic rings. The summed E-state index contributed by atoms with van der Waals surface area (Å²) in [6.07, 6.45) is 5.81. The molecule has 0 aromatic rings. The highest BCUT2D eigenvalue weighted by molar-refractivity contribution is 5.05. The zero-order chi connectivity index (χ0) is 7.19. The van der Waals surface area contributed by atoms with Gasteiger partial charge in [-0.05, 0) is 45.2 Å². The van der Waals surface area contributed by atoms with Crippen LogP contribution in [-0.4, -0.2) is 24.0 Å². The lowest BCUT2D eigenvalue weighted by Gasteiger charge is -2.36. The number of likely N-dealkylation sites (tertiary alicyclic amines) is 1. The van der Waals surface area contributed by atoms with Crippen molar-refractivity contribution in [1.29, 1.82) is 0 Å². The summed E-state index contributed by atoms with van der Waals surface area (Å²) in [7, 11) is 2.29. The summed E-state index contributed by atoms with van der Waals surface area (Å²) in [5, 5.41) is 0. The molecule has 2 fully saturated rings. The van der Waals surface area contributed by atoms with Gasteiger partial charge in [-0.1, -0.05) is 6.92 Å². The van der Waals surface area contributed by atoms with E-state index in [1.807, 2.05) is 0 Å². The Kier molecular flexibility index (Phi) is 1.31. The maximum atomic E-state index is 2.58. The van der Waals surface area contributed by atoms with Gasteiger partial charge < -0.3 is 4.90 Å². The molecular formula is C9H17N. The molecule has 0 amide bonds. The van der Waals surface area contributed by atoms with E-state index in [2.05, 4.69) is 18.9 Å². The minimum atomic E-state index is 0.692. The average Bonchev–Trinajstić information content (AvgIpc) is 2.62. The topological polar surface area (TPSA) is 3.24 Å². The van der Waals surface area contributed by atoms with Gasteiger partial charge in [-0.25, -0.2) is 0 Å². The summed E-state index contributed by atoms with van der Waals surface area (Å²) in [6.45, 7) is 3.73. The molecule has 1 heterocycles. The minimum absolute atomic E-state index is 0.692. The van der Waals surface area contributed by atoms with Crippen LogP contribution in [0.5, 0.6) is 0 Å². The first kappa shape index (κ1) is 6.66. The molecule has 10 heavy (non-hydrogen) atoms. The fraction of sp³-hybridized carbons (Fsp3) is 1.00. The fourth-order valence-electron chi connectivity index (χ4n) is 2.29. The third-order valence-electron chi connectivity index (χ3n) is 3.32. The lowest BCUT2D eigenvalue weighted by atomic mass is 9.91. The van der Waals surface area contributed by atoms with E-state index >= 15 is 0 Å². The van der Waals surface area contributed by atoms with Crippen LogP contribution in [0.4, 0.5) is 0 Å². The third-order valence-corrected chi connectivity index (χ3v) is 3.32. The minimum Gasteiger partial charge on any atom is -0.301 e. The van der Waals surface area contributed by atoms with Gasteiger partial charge in [0.05, 0.1) is 0 Å². The smallest absolute Gasteiger partial charge is 0.0210 e. The molecule has 58 valence electrons. The van der Waals surface area contributed by atoms with Crippen LogP contribution in [0.15, 0.2) is 0 Å². The average molecular weight is 139 g/mol. The normalized spacial score (nSPS) is 38.4. The highest BCUT2D eigenvalue weighted by atomic mass is 15.2. The lowest BCUT2D eigenvalue weighted by Crippen LogP contribution is -2.40. The number of hydrogen-bond donors (Lipinski definition) is 0. The van der Waals surface area contributed by atoms with Crippen LogP contribution >= 0.6 is 0 Å². The third kappa shape index (κ3) is 0.878. The second kappa shape index (κ2) is 1.97. The van der Waals surface area contributed by atoms with Crippen molar-refractivity contribution < 1.29 is 0 Å². The van der Waals surface area contributed by atoms with E-state index in [1.165, 1.54) is 32.2 Å². The second-order valence-electron chi connectivity index (χ2n) is 4.24. The van der Waals surface area contributed by atoms with Crippen molar-refractivity contribution in [2.24, 2.45) is 5.92 Å². The van der Waals surface area contributed by atoms with E-state index in [0.717, 1.165) is 5.92 Å². The van der Waals surface area contributed by atoms with Crippen LogP contribution in [0.1, 0.15) is 32.6 Å². The molecular weight excluding hydrogens is 122 g/mol. The van der Waals surface area contributed by atoms with Gasteiger partial charge in [-0.15, -0.1) is 0 Å². The second-order valence-corrected chi connectivity index (χ2v) is 4.24. The summed E-state index contributed by atoms with van der Waals surface area (Å²) in [5.41, 5.74) is 0.692. The first-order chi connectivity index (χ1) is 4.73. The van der Waals surface area contributed by atoms with Crippen molar-refractivity contribution in [3.8, 4) is 0 Å². The Balaban J connectivity index is 2.03. The molecule has 0 unspecified atom stereocenters. The Morgan fingerprint density at radius 1 is 1.40 bits per heavy atom. The highest BCUT2D eigenvalue weighted by Gasteiger charge is 2.48. The van der Waals surface area contributed by atoms with Gasteiger partial charge in [-0.3, -0.25) is 0 Å². The van der Waals surface area contributed by atoms with Gasteiger partial charge in [-0.2, -0.15) is 0 Å². The van der Waals surface area contributed by atoms with Crippen LogP contribution in [0, 0.1) is 5.92 Å². The molecule has 1 atom stereocenters. The van der Waals surface area contributed by atoms with E-state index in [9.17, 15) is 0 Å². The Morgan fingerprint density at radius 2 is 2.10 bits per heavy atom. The molecule has 0 aromatic heterocycles. The summed E-state index contributed by atoms with van der Waals surface area (Å²) < 4.78 is 0. The van der Waals surface area contributed by atoms with E-state index in [1.54, 1.807) is 0 Å². The van der Waals surface area contributed by atoms with Gasteiger partial charge in [0.25, 0.3) is 0 Å². The Hall–Kier alpha value is -0.0400. The fourth-order valence-corrected chi connectivity index (χ4v) is 2.29. The molecule has 0 bridgehead atoms. The lowest BCUT2D eigenvalue weighted by molar-refractivity contribution is 0.130. The van der Waals surface area contributed by atoms with E-state index in [-0.39, 0.29) is 0 Å². The van der Waals surface area contributed by atoms with Crippen LogP contribution in [-0.2, 0) is 0 Å². The van der Waals surface area contributed by atoms with Gasteiger partial charge in [0, 0.05) is 5.54 Å². The highest BCUT2D eigenvalue weighted by Crippen LogP contribution is 2.48. The van der Waals surface area contributed by atoms with Crippen LogP contribution in [0.3, 0.4) is 0 Å². The van der Waals surface area contributed by atoms with Crippen molar-refractivity contribution in [3.05, 3.63) is 0 Å². The summed E-state index contributed by atoms with van der Waals surface area (Å²) in [4.78, 5) is 2.58. The van der Waals surface area contributed by atoms with Gasteiger partial charge in [0.1, 0.15) is 0 Å². The monoisotopic (exact) mass is 139 g/mol. The first-order valence-electron chi connectivity index (χ1n) is 4.44. The number of piperidine rings is 1. The van der Waals surface area contributed by atoms with E-state index in [0.29, 0.717) is 5.54 Å². The Bertz CT molecular complexity index is 138.